The van der Waals surface area contributed by atoms with Gasteiger partial charge in [-0.3, -0.25) is 4.79 Å². The summed E-state index contributed by atoms with van der Waals surface area (Å²) in [6.45, 7) is 3.72. The smallest absolute Gasteiger partial charge is 0.304 e. The van der Waals surface area contributed by atoms with Crippen molar-refractivity contribution in [3.8, 4) is 11.5 Å². The second-order valence-electron chi connectivity index (χ2n) is 5.62. The van der Waals surface area contributed by atoms with Crippen molar-refractivity contribution in [2.24, 2.45) is 0 Å². The number of carbonyl (C=O) groups is 1. The second-order valence-corrected chi connectivity index (χ2v) is 5.62. The van der Waals surface area contributed by atoms with Crippen LogP contribution in [-0.2, 0) is 10.2 Å². The Kier molecular flexibility index (Phi) is 2.15. The molecule has 1 saturated carbocycles. The van der Waals surface area contributed by atoms with Crippen molar-refractivity contribution in [1.82, 2.24) is 0 Å². The van der Waals surface area contributed by atoms with Gasteiger partial charge in [-0.25, -0.2) is 0 Å². The van der Waals surface area contributed by atoms with Crippen molar-refractivity contribution in [2.45, 2.75) is 44.3 Å². The molecule has 0 aromatic heterocycles. The van der Waals surface area contributed by atoms with Crippen molar-refractivity contribution in [3.05, 3.63) is 23.8 Å². The lowest BCUT2D eigenvalue weighted by atomic mass is 9.92. The molecule has 4 nitrogen and oxygen atoms in total. The van der Waals surface area contributed by atoms with Gasteiger partial charge in [0.2, 0.25) is 5.79 Å². The van der Waals surface area contributed by atoms with Gasteiger partial charge in [0.15, 0.2) is 11.5 Å². The zero-order valence-electron chi connectivity index (χ0n) is 10.5. The van der Waals surface area contributed by atoms with E-state index in [2.05, 4.69) is 0 Å². The van der Waals surface area contributed by atoms with E-state index < -0.39 is 11.8 Å². The number of fused-ring (bicyclic) bond motifs is 1. The molecule has 0 bridgehead atoms. The average molecular weight is 248 g/mol. The highest BCUT2D eigenvalue weighted by Gasteiger charge is 2.47. The second kappa shape index (κ2) is 3.40. The van der Waals surface area contributed by atoms with Crippen LogP contribution in [0.4, 0.5) is 0 Å². The van der Waals surface area contributed by atoms with Crippen LogP contribution in [0.2, 0.25) is 0 Å². The summed E-state index contributed by atoms with van der Waals surface area (Å²) < 4.78 is 11.3. The molecule has 1 fully saturated rings. The molecule has 1 N–H and O–H groups in total. The fourth-order valence-electron chi connectivity index (χ4n) is 2.56. The Morgan fingerprint density at radius 1 is 1.28 bits per heavy atom. The van der Waals surface area contributed by atoms with E-state index in [9.17, 15) is 4.79 Å². The molecule has 0 atom stereocenters. The van der Waals surface area contributed by atoms with Gasteiger partial charge in [0.05, 0.1) is 6.42 Å². The van der Waals surface area contributed by atoms with Crippen molar-refractivity contribution in [1.29, 1.82) is 0 Å². The quantitative estimate of drug-likeness (QED) is 0.893. The number of rotatable bonds is 3. The van der Waals surface area contributed by atoms with E-state index in [1.54, 1.807) is 0 Å². The van der Waals surface area contributed by atoms with E-state index in [4.69, 9.17) is 14.6 Å². The zero-order valence-corrected chi connectivity index (χ0v) is 10.5. The van der Waals surface area contributed by atoms with E-state index in [-0.39, 0.29) is 11.8 Å². The predicted molar refractivity (Wildman–Crippen MR) is 64.9 cm³/mol. The Morgan fingerprint density at radius 2 is 1.94 bits per heavy atom. The molecular weight excluding hydrogens is 232 g/mol. The fraction of sp³-hybridized carbons (Fsp3) is 0.500. The van der Waals surface area contributed by atoms with Crippen molar-refractivity contribution in [2.75, 3.05) is 0 Å². The fourth-order valence-corrected chi connectivity index (χ4v) is 2.56. The Labute approximate surface area is 106 Å². The molecular formula is C14H16O4. The molecule has 2 aliphatic rings. The van der Waals surface area contributed by atoms with Crippen LogP contribution in [0.25, 0.3) is 0 Å². The molecule has 3 rings (SSSR count). The molecule has 0 saturated heterocycles. The van der Waals surface area contributed by atoms with Crippen LogP contribution in [0, 0.1) is 0 Å². The highest BCUT2D eigenvalue weighted by Crippen LogP contribution is 2.53. The van der Waals surface area contributed by atoms with E-state index >= 15 is 0 Å². The summed E-state index contributed by atoms with van der Waals surface area (Å²) in [6.07, 6.45) is 2.06. The summed E-state index contributed by atoms with van der Waals surface area (Å²) in [5, 5.41) is 8.97. The van der Waals surface area contributed by atoms with Crippen LogP contribution in [0.5, 0.6) is 11.5 Å². The van der Waals surface area contributed by atoms with Crippen LogP contribution in [0.1, 0.15) is 38.7 Å². The minimum Gasteiger partial charge on any atom is -0.481 e. The maximum atomic E-state index is 10.9. The van der Waals surface area contributed by atoms with Gasteiger partial charge in [0.25, 0.3) is 0 Å². The van der Waals surface area contributed by atoms with Gasteiger partial charge in [-0.1, -0.05) is 6.07 Å². The third-order valence-corrected chi connectivity index (χ3v) is 3.61. The molecule has 0 amide bonds. The first-order valence-electron chi connectivity index (χ1n) is 6.15. The molecule has 0 unspecified atom stereocenters. The topological polar surface area (TPSA) is 55.8 Å². The maximum absolute atomic E-state index is 10.9. The Balaban J connectivity index is 1.91. The number of carboxylic acid groups (broad SMARTS) is 1. The van der Waals surface area contributed by atoms with Crippen molar-refractivity contribution in [3.63, 3.8) is 0 Å². The van der Waals surface area contributed by atoms with Gasteiger partial charge in [-0.2, -0.15) is 0 Å². The largest absolute Gasteiger partial charge is 0.481 e. The van der Waals surface area contributed by atoms with E-state index in [1.165, 1.54) is 0 Å². The number of ether oxygens (including phenoxy) is 2. The lowest BCUT2D eigenvalue weighted by Crippen LogP contribution is -2.29. The molecule has 1 aliphatic carbocycles. The first kappa shape index (κ1) is 11.4. The number of benzene rings is 1. The lowest BCUT2D eigenvalue weighted by Gasteiger charge is -2.16. The molecule has 4 heteroatoms. The first-order valence-corrected chi connectivity index (χ1v) is 6.15. The number of hydrogen-bond acceptors (Lipinski definition) is 3. The minimum absolute atomic E-state index is 0.184. The first-order chi connectivity index (χ1) is 8.40. The lowest BCUT2D eigenvalue weighted by molar-refractivity contribution is -0.137. The molecule has 1 aromatic rings. The molecule has 0 radical (unpaired) electrons. The molecule has 0 spiro atoms. The molecule has 96 valence electrons. The van der Waals surface area contributed by atoms with Crippen LogP contribution in [-0.4, -0.2) is 16.9 Å². The summed E-state index contributed by atoms with van der Waals surface area (Å²) >= 11 is 0. The molecule has 1 aromatic carbocycles. The predicted octanol–water partition coefficient (Wildman–Crippen LogP) is 2.70. The van der Waals surface area contributed by atoms with Crippen LogP contribution in [0.3, 0.4) is 0 Å². The van der Waals surface area contributed by atoms with Crippen molar-refractivity contribution < 1.29 is 19.4 Å². The van der Waals surface area contributed by atoms with Gasteiger partial charge >= 0.3 is 5.97 Å². The van der Waals surface area contributed by atoms with Gasteiger partial charge in [-0.05, 0) is 30.5 Å². The van der Waals surface area contributed by atoms with Gasteiger partial charge in [-0.15, -0.1) is 0 Å². The third kappa shape index (κ3) is 1.82. The van der Waals surface area contributed by atoms with E-state index in [0.29, 0.717) is 5.75 Å². The number of aliphatic carboxylic acids is 1. The SMILES string of the molecule is CC1(C)Oc2ccc(C3(CC(=O)O)CC3)cc2O1. The Bertz CT molecular complexity index is 515. The van der Waals surface area contributed by atoms with E-state index in [0.717, 1.165) is 24.2 Å². The Hall–Kier alpha value is -1.71. The zero-order chi connectivity index (χ0) is 13.0. The molecule has 1 heterocycles. The van der Waals surface area contributed by atoms with Gasteiger partial charge < -0.3 is 14.6 Å². The minimum atomic E-state index is -0.745. The van der Waals surface area contributed by atoms with Crippen LogP contribution >= 0.6 is 0 Å². The third-order valence-electron chi connectivity index (χ3n) is 3.61. The molecule has 18 heavy (non-hydrogen) atoms. The summed E-state index contributed by atoms with van der Waals surface area (Å²) in [4.78, 5) is 10.9. The highest BCUT2D eigenvalue weighted by atomic mass is 16.7. The monoisotopic (exact) mass is 248 g/mol. The van der Waals surface area contributed by atoms with Gasteiger partial charge in [0.1, 0.15) is 0 Å². The number of carboxylic acids is 1. The van der Waals surface area contributed by atoms with Gasteiger partial charge in [0, 0.05) is 19.3 Å². The summed E-state index contributed by atoms with van der Waals surface area (Å²) in [6, 6.07) is 5.76. The standard InChI is InChI=1S/C14H16O4/c1-13(2)17-10-4-3-9(7-11(10)18-13)14(5-6-14)8-12(15)16/h3-4,7H,5-6,8H2,1-2H3,(H,15,16). The molecule has 1 aliphatic heterocycles. The normalized spacial score (nSPS) is 21.7. The highest BCUT2D eigenvalue weighted by molar-refractivity contribution is 5.70. The summed E-state index contributed by atoms with van der Waals surface area (Å²) in [5.41, 5.74) is 0.863. The Morgan fingerprint density at radius 3 is 2.56 bits per heavy atom. The summed E-state index contributed by atoms with van der Waals surface area (Å²) in [5.74, 6) is 0.0688. The van der Waals surface area contributed by atoms with Crippen molar-refractivity contribution >= 4 is 5.97 Å². The van der Waals surface area contributed by atoms with Crippen LogP contribution < -0.4 is 9.47 Å². The summed E-state index contributed by atoms with van der Waals surface area (Å²) in [7, 11) is 0. The van der Waals surface area contributed by atoms with E-state index in [1.807, 2.05) is 32.0 Å². The maximum Gasteiger partial charge on any atom is 0.304 e. The number of hydrogen-bond donors (Lipinski definition) is 1. The average Bonchev–Trinajstić information content (AvgIpc) is 2.92. The van der Waals surface area contributed by atoms with Crippen LogP contribution in [0.15, 0.2) is 18.2 Å².